The quantitative estimate of drug-likeness (QED) is 0.595. The standard InChI is InChI=1S/C22H21N3O5/c1-10(2)29-22(27)18-13(5)24-12(4)15(9-23)19(18)14-6-7-16(25-28)20-17(26)8-11(3)30-21(14)20/h6-8,10,19,24H,1-5H3. The van der Waals surface area contributed by atoms with Crippen LogP contribution in [-0.4, -0.2) is 12.1 Å². The molecule has 0 saturated carbocycles. The van der Waals surface area contributed by atoms with Gasteiger partial charge in [0.25, 0.3) is 0 Å². The Bertz CT molecular complexity index is 1230. The van der Waals surface area contributed by atoms with E-state index >= 15 is 0 Å². The molecule has 1 aliphatic rings. The SMILES string of the molecule is CC1=C(C#N)C(c2ccc(N=O)c3c(=O)cc(C)oc23)C(C(=O)OC(C)C)=C(C)N1. The molecule has 30 heavy (non-hydrogen) atoms. The van der Waals surface area contributed by atoms with Gasteiger partial charge in [-0.1, -0.05) is 6.07 Å². The van der Waals surface area contributed by atoms with Crippen molar-refractivity contribution in [3.05, 3.63) is 67.2 Å². The molecule has 2 heterocycles. The highest BCUT2D eigenvalue weighted by Gasteiger charge is 2.36. The van der Waals surface area contributed by atoms with Gasteiger partial charge in [0, 0.05) is 23.0 Å². The number of carbonyl (C=O) groups excluding carboxylic acids is 1. The van der Waals surface area contributed by atoms with Crippen LogP contribution >= 0.6 is 0 Å². The van der Waals surface area contributed by atoms with Crippen molar-refractivity contribution >= 4 is 22.6 Å². The third-order valence-electron chi connectivity index (χ3n) is 4.86. The summed E-state index contributed by atoms with van der Waals surface area (Å²) in [6, 6.07) is 6.37. The number of nitrogens with zero attached hydrogens (tertiary/aromatic N) is 2. The predicted octanol–water partition coefficient (Wildman–Crippen LogP) is 4.21. The van der Waals surface area contributed by atoms with Crippen LogP contribution in [0.4, 0.5) is 5.69 Å². The van der Waals surface area contributed by atoms with E-state index in [0.717, 1.165) is 0 Å². The van der Waals surface area contributed by atoms with Crippen LogP contribution in [0.5, 0.6) is 0 Å². The fourth-order valence-electron chi connectivity index (χ4n) is 3.69. The Balaban J connectivity index is 2.40. The lowest BCUT2D eigenvalue weighted by atomic mass is 9.80. The predicted molar refractivity (Wildman–Crippen MR) is 111 cm³/mol. The van der Waals surface area contributed by atoms with Crippen molar-refractivity contribution in [1.29, 1.82) is 5.26 Å². The van der Waals surface area contributed by atoms with E-state index in [4.69, 9.17) is 9.15 Å². The topological polar surface area (TPSA) is 122 Å². The molecule has 8 heteroatoms. The third kappa shape index (κ3) is 3.50. The van der Waals surface area contributed by atoms with Crippen LogP contribution in [0.1, 0.15) is 44.9 Å². The second-order valence-electron chi connectivity index (χ2n) is 7.39. The third-order valence-corrected chi connectivity index (χ3v) is 4.86. The molecule has 3 rings (SSSR count). The van der Waals surface area contributed by atoms with E-state index in [1.807, 2.05) is 0 Å². The minimum absolute atomic E-state index is 0.0100. The summed E-state index contributed by atoms with van der Waals surface area (Å²) in [6.07, 6.45) is -0.366. The molecule has 1 aliphatic heterocycles. The normalized spacial score (nSPS) is 16.5. The maximum absolute atomic E-state index is 13.0. The lowest BCUT2D eigenvalue weighted by Gasteiger charge is -2.29. The molecule has 0 amide bonds. The summed E-state index contributed by atoms with van der Waals surface area (Å²) in [5.74, 6) is -1.09. The number of nitriles is 1. The van der Waals surface area contributed by atoms with Crippen molar-refractivity contribution in [2.75, 3.05) is 0 Å². The molecule has 0 fully saturated rings. The van der Waals surface area contributed by atoms with E-state index in [2.05, 4.69) is 16.6 Å². The summed E-state index contributed by atoms with van der Waals surface area (Å²) in [4.78, 5) is 36.8. The van der Waals surface area contributed by atoms with E-state index in [9.17, 15) is 19.8 Å². The molecular formula is C22H21N3O5. The second kappa shape index (κ2) is 7.95. The van der Waals surface area contributed by atoms with Gasteiger partial charge >= 0.3 is 5.97 Å². The number of rotatable bonds is 4. The molecule has 2 aromatic rings. The summed E-state index contributed by atoms with van der Waals surface area (Å²) in [7, 11) is 0. The van der Waals surface area contributed by atoms with Crippen molar-refractivity contribution in [3.63, 3.8) is 0 Å². The average Bonchev–Trinajstić information content (AvgIpc) is 2.65. The first-order chi connectivity index (χ1) is 14.2. The first-order valence-corrected chi connectivity index (χ1v) is 9.39. The minimum Gasteiger partial charge on any atom is -0.461 e. The summed E-state index contributed by atoms with van der Waals surface area (Å²) in [5, 5.41) is 15.9. The highest BCUT2D eigenvalue weighted by Crippen LogP contribution is 2.42. The van der Waals surface area contributed by atoms with Crippen molar-refractivity contribution in [2.45, 2.75) is 46.6 Å². The van der Waals surface area contributed by atoms with Gasteiger partial charge in [-0.25, -0.2) is 4.79 Å². The number of hydrogen-bond acceptors (Lipinski definition) is 8. The number of carbonyl (C=O) groups is 1. The molecular weight excluding hydrogens is 386 g/mol. The average molecular weight is 407 g/mol. The summed E-state index contributed by atoms with van der Waals surface area (Å²) in [6.45, 7) is 8.51. The van der Waals surface area contributed by atoms with Gasteiger partial charge in [0.2, 0.25) is 0 Å². The molecule has 1 aromatic heterocycles. The Kier molecular flexibility index (Phi) is 5.56. The zero-order chi connectivity index (χ0) is 22.2. The molecule has 1 aromatic carbocycles. The van der Waals surface area contributed by atoms with Gasteiger partial charge in [0.05, 0.1) is 34.6 Å². The number of fused-ring (bicyclic) bond motifs is 1. The zero-order valence-electron chi connectivity index (χ0n) is 17.3. The van der Waals surface area contributed by atoms with Gasteiger partial charge in [-0.05, 0) is 45.9 Å². The fraction of sp³-hybridized carbons (Fsp3) is 0.318. The Labute approximate surface area is 172 Å². The number of nitroso groups, excluding NO2 is 1. The first-order valence-electron chi connectivity index (χ1n) is 9.39. The molecule has 0 bridgehead atoms. The molecule has 0 spiro atoms. The Hall–Kier alpha value is -3.73. The van der Waals surface area contributed by atoms with Gasteiger partial charge in [0.15, 0.2) is 5.43 Å². The van der Waals surface area contributed by atoms with Gasteiger partial charge in [-0.2, -0.15) is 5.26 Å². The number of nitrogens with one attached hydrogen (secondary N) is 1. The van der Waals surface area contributed by atoms with Gasteiger partial charge in [-0.3, -0.25) is 4.79 Å². The minimum atomic E-state index is -0.837. The number of allylic oxidation sites excluding steroid dienone is 3. The molecule has 0 radical (unpaired) electrons. The maximum Gasteiger partial charge on any atom is 0.337 e. The van der Waals surface area contributed by atoms with E-state index in [0.29, 0.717) is 22.7 Å². The van der Waals surface area contributed by atoms with Crippen molar-refractivity contribution in [2.24, 2.45) is 5.18 Å². The van der Waals surface area contributed by atoms with Gasteiger partial charge in [-0.15, -0.1) is 4.91 Å². The molecule has 8 nitrogen and oxygen atoms in total. The number of aryl methyl sites for hydroxylation is 1. The Morgan fingerprint density at radius 3 is 2.57 bits per heavy atom. The van der Waals surface area contributed by atoms with Crippen LogP contribution in [0, 0.1) is 23.2 Å². The fourth-order valence-corrected chi connectivity index (χ4v) is 3.69. The Morgan fingerprint density at radius 1 is 1.27 bits per heavy atom. The van der Waals surface area contributed by atoms with Crippen LogP contribution in [-0.2, 0) is 9.53 Å². The van der Waals surface area contributed by atoms with Crippen LogP contribution in [0.3, 0.4) is 0 Å². The smallest absolute Gasteiger partial charge is 0.337 e. The van der Waals surface area contributed by atoms with Crippen LogP contribution in [0.2, 0.25) is 0 Å². The molecule has 0 saturated heterocycles. The molecule has 1 atom stereocenters. The Morgan fingerprint density at radius 2 is 1.97 bits per heavy atom. The summed E-state index contributed by atoms with van der Waals surface area (Å²) in [5.41, 5.74) is 1.66. The number of dihydropyridines is 1. The zero-order valence-corrected chi connectivity index (χ0v) is 17.3. The number of esters is 1. The number of hydrogen-bond donors (Lipinski definition) is 1. The maximum atomic E-state index is 13.0. The monoisotopic (exact) mass is 407 g/mol. The lowest BCUT2D eigenvalue weighted by Crippen LogP contribution is -2.30. The van der Waals surface area contributed by atoms with E-state index < -0.39 is 17.3 Å². The molecule has 154 valence electrons. The van der Waals surface area contributed by atoms with Gasteiger partial charge in [0.1, 0.15) is 17.0 Å². The van der Waals surface area contributed by atoms with E-state index in [1.165, 1.54) is 12.1 Å². The molecule has 1 N–H and O–H groups in total. The highest BCUT2D eigenvalue weighted by molar-refractivity contribution is 5.97. The highest BCUT2D eigenvalue weighted by atomic mass is 16.5. The van der Waals surface area contributed by atoms with Gasteiger partial charge < -0.3 is 14.5 Å². The van der Waals surface area contributed by atoms with Crippen molar-refractivity contribution in [3.8, 4) is 6.07 Å². The van der Waals surface area contributed by atoms with Crippen LogP contribution in [0.15, 0.2) is 55.1 Å². The largest absolute Gasteiger partial charge is 0.461 e. The number of ether oxygens (including phenoxy) is 1. The lowest BCUT2D eigenvalue weighted by molar-refractivity contribution is -0.143. The summed E-state index contributed by atoms with van der Waals surface area (Å²) >= 11 is 0. The van der Waals surface area contributed by atoms with Crippen molar-refractivity contribution < 1.29 is 13.9 Å². The van der Waals surface area contributed by atoms with E-state index in [1.54, 1.807) is 40.7 Å². The molecule has 1 unspecified atom stereocenters. The first kappa shape index (κ1) is 21.0. The molecule has 0 aliphatic carbocycles. The summed E-state index contributed by atoms with van der Waals surface area (Å²) < 4.78 is 11.2. The van der Waals surface area contributed by atoms with E-state index in [-0.39, 0.29) is 33.9 Å². The second-order valence-corrected chi connectivity index (χ2v) is 7.39. The van der Waals surface area contributed by atoms with Crippen molar-refractivity contribution in [1.82, 2.24) is 5.32 Å². The number of benzene rings is 1. The van der Waals surface area contributed by atoms with Crippen LogP contribution in [0.25, 0.3) is 11.0 Å². The van der Waals surface area contributed by atoms with Crippen LogP contribution < -0.4 is 10.7 Å².